The first-order valence-electron chi connectivity index (χ1n) is 11.3. The lowest BCUT2D eigenvalue weighted by atomic mass is 9.94. The number of piperidine rings is 2. The first-order valence-corrected chi connectivity index (χ1v) is 12.1. The van der Waals surface area contributed by atoms with Gasteiger partial charge in [0.05, 0.1) is 16.3 Å². The van der Waals surface area contributed by atoms with Gasteiger partial charge in [-0.25, -0.2) is 4.79 Å². The normalized spacial score (nSPS) is 18.7. The minimum absolute atomic E-state index is 0.253. The molecule has 4 rings (SSSR count). The highest BCUT2D eigenvalue weighted by Gasteiger charge is 2.27. The van der Waals surface area contributed by atoms with Gasteiger partial charge >= 0.3 is 5.97 Å². The summed E-state index contributed by atoms with van der Waals surface area (Å²) in [4.78, 5) is 16.3. The van der Waals surface area contributed by atoms with Crippen molar-refractivity contribution < 1.29 is 14.6 Å². The molecule has 1 N–H and O–H groups in total. The fraction of sp³-hybridized carbons (Fsp3) is 0.480. The summed E-state index contributed by atoms with van der Waals surface area (Å²) in [5.74, 6) is 0.597. The van der Waals surface area contributed by atoms with Crippen molar-refractivity contribution in [3.05, 3.63) is 57.6 Å². The van der Waals surface area contributed by atoms with Gasteiger partial charge in [0.1, 0.15) is 11.9 Å². The van der Waals surface area contributed by atoms with E-state index in [0.717, 1.165) is 74.7 Å². The highest BCUT2D eigenvalue weighted by atomic mass is 35.5. The Balaban J connectivity index is 1.24. The summed E-state index contributed by atoms with van der Waals surface area (Å²) in [6.07, 6.45) is 4.41. The molecule has 2 aromatic carbocycles. The van der Waals surface area contributed by atoms with Gasteiger partial charge in [-0.2, -0.15) is 0 Å². The van der Waals surface area contributed by atoms with E-state index in [0.29, 0.717) is 16.6 Å². The van der Waals surface area contributed by atoms with E-state index in [4.69, 9.17) is 27.9 Å². The van der Waals surface area contributed by atoms with Crippen molar-refractivity contribution in [1.29, 1.82) is 0 Å². The van der Waals surface area contributed by atoms with E-state index in [-0.39, 0.29) is 11.7 Å². The Hall–Kier alpha value is -1.95. The lowest BCUT2D eigenvalue weighted by Gasteiger charge is -2.38. The Morgan fingerprint density at radius 3 is 2.41 bits per heavy atom. The molecule has 2 fully saturated rings. The lowest BCUT2D eigenvalue weighted by molar-refractivity contribution is 0.0697. The molecule has 0 bridgehead atoms. The van der Waals surface area contributed by atoms with Crippen molar-refractivity contribution in [3.8, 4) is 5.75 Å². The summed E-state index contributed by atoms with van der Waals surface area (Å²) in [5, 5.41) is 10.8. The zero-order chi connectivity index (χ0) is 22.7. The molecule has 0 unspecified atom stereocenters. The van der Waals surface area contributed by atoms with Crippen LogP contribution >= 0.6 is 23.2 Å². The number of benzene rings is 2. The summed E-state index contributed by atoms with van der Waals surface area (Å²) >= 11 is 12.5. The van der Waals surface area contributed by atoms with E-state index in [9.17, 15) is 9.90 Å². The summed E-state index contributed by atoms with van der Waals surface area (Å²) in [7, 11) is 0. The number of aromatic carboxylic acids is 1. The molecule has 2 aliphatic rings. The fourth-order valence-electron chi connectivity index (χ4n) is 4.81. The molecule has 2 saturated heterocycles. The summed E-state index contributed by atoms with van der Waals surface area (Å²) in [5.41, 5.74) is 1.99. The maximum Gasteiger partial charge on any atom is 0.337 e. The Kier molecular flexibility index (Phi) is 7.49. The number of anilines is 1. The molecule has 32 heavy (non-hydrogen) atoms. The van der Waals surface area contributed by atoms with E-state index in [1.165, 1.54) is 0 Å². The van der Waals surface area contributed by atoms with E-state index in [1.807, 2.05) is 25.1 Å². The van der Waals surface area contributed by atoms with Gasteiger partial charge in [-0.3, -0.25) is 0 Å². The third kappa shape index (κ3) is 5.51. The van der Waals surface area contributed by atoms with Gasteiger partial charge < -0.3 is 19.6 Å². The lowest BCUT2D eigenvalue weighted by Crippen LogP contribution is -2.43. The van der Waals surface area contributed by atoms with Crippen LogP contribution in [0, 0.1) is 12.8 Å². The van der Waals surface area contributed by atoms with E-state index < -0.39 is 5.97 Å². The predicted molar refractivity (Wildman–Crippen MR) is 130 cm³/mol. The van der Waals surface area contributed by atoms with Crippen LogP contribution < -0.4 is 9.64 Å². The largest absolute Gasteiger partial charge is 0.490 e. The van der Waals surface area contributed by atoms with Gasteiger partial charge in [-0.1, -0.05) is 29.3 Å². The zero-order valence-electron chi connectivity index (χ0n) is 18.4. The number of nitrogens with zero attached hydrogens (tertiary/aromatic N) is 2. The molecule has 2 aromatic rings. The maximum absolute atomic E-state index is 11.6. The van der Waals surface area contributed by atoms with Crippen LogP contribution in [0.1, 0.15) is 41.6 Å². The topological polar surface area (TPSA) is 53.0 Å². The van der Waals surface area contributed by atoms with E-state index in [1.54, 1.807) is 18.2 Å². The first-order chi connectivity index (χ1) is 15.4. The molecular weight excluding hydrogens is 447 g/mol. The molecule has 0 aromatic heterocycles. The van der Waals surface area contributed by atoms with Crippen LogP contribution in [0.15, 0.2) is 36.4 Å². The number of ether oxygens (including phenoxy) is 1. The smallest absolute Gasteiger partial charge is 0.337 e. The van der Waals surface area contributed by atoms with Crippen molar-refractivity contribution in [2.24, 2.45) is 5.92 Å². The molecule has 172 valence electrons. The number of aryl methyl sites for hydroxylation is 1. The van der Waals surface area contributed by atoms with Gasteiger partial charge in [0.2, 0.25) is 0 Å². The number of hydrogen-bond acceptors (Lipinski definition) is 4. The number of likely N-dealkylation sites (tertiary alicyclic amines) is 1. The van der Waals surface area contributed by atoms with Crippen LogP contribution in [-0.4, -0.2) is 54.8 Å². The number of para-hydroxylation sites is 1. The van der Waals surface area contributed by atoms with Crippen LogP contribution in [0.3, 0.4) is 0 Å². The van der Waals surface area contributed by atoms with Gasteiger partial charge in [0.15, 0.2) is 0 Å². The van der Waals surface area contributed by atoms with Gasteiger partial charge in [-0.05, 0) is 74.4 Å². The Morgan fingerprint density at radius 1 is 1.03 bits per heavy atom. The zero-order valence-corrected chi connectivity index (χ0v) is 19.9. The van der Waals surface area contributed by atoms with Crippen LogP contribution in [0.5, 0.6) is 5.75 Å². The van der Waals surface area contributed by atoms with Crippen LogP contribution in [0.4, 0.5) is 5.69 Å². The van der Waals surface area contributed by atoms with Crippen LogP contribution in [0.2, 0.25) is 10.0 Å². The molecule has 0 amide bonds. The maximum atomic E-state index is 11.6. The van der Waals surface area contributed by atoms with Gasteiger partial charge in [0.25, 0.3) is 0 Å². The second-order valence-corrected chi connectivity index (χ2v) is 9.71. The van der Waals surface area contributed by atoms with Crippen LogP contribution in [-0.2, 0) is 0 Å². The van der Waals surface area contributed by atoms with Crippen molar-refractivity contribution in [2.45, 2.75) is 38.7 Å². The third-order valence-corrected chi connectivity index (χ3v) is 7.36. The van der Waals surface area contributed by atoms with Gasteiger partial charge in [-0.15, -0.1) is 0 Å². The SMILES string of the molecule is Cc1cc(OC2CCN(CC3CCN(c4c(Cl)cccc4C(=O)O)CC3)CC2)ccc1Cl. The fourth-order valence-corrected chi connectivity index (χ4v) is 5.22. The Bertz CT molecular complexity index is 952. The van der Waals surface area contributed by atoms with Crippen molar-refractivity contribution in [2.75, 3.05) is 37.6 Å². The predicted octanol–water partition coefficient (Wildman–Crippen LogP) is 5.76. The standard InChI is InChI=1S/C25H30Cl2N2O3/c1-17-15-20(5-6-22(17)26)32-19-9-11-28(12-10-19)16-18-7-13-29(14-8-18)24-21(25(30)31)3-2-4-23(24)27/h2-6,15,18-19H,7-14,16H2,1H3,(H,30,31). The highest BCUT2D eigenvalue weighted by Crippen LogP contribution is 2.33. The second-order valence-electron chi connectivity index (χ2n) is 8.90. The summed E-state index contributed by atoms with van der Waals surface area (Å²) in [6.45, 7) is 6.86. The molecule has 2 aliphatic heterocycles. The minimum atomic E-state index is -0.927. The molecule has 0 aliphatic carbocycles. The van der Waals surface area contributed by atoms with Crippen molar-refractivity contribution in [1.82, 2.24) is 4.90 Å². The molecule has 0 spiro atoms. The average Bonchev–Trinajstić information content (AvgIpc) is 2.78. The number of carboxylic acid groups (broad SMARTS) is 1. The highest BCUT2D eigenvalue weighted by molar-refractivity contribution is 6.34. The molecule has 2 heterocycles. The quantitative estimate of drug-likeness (QED) is 0.574. The van der Waals surface area contributed by atoms with E-state index >= 15 is 0 Å². The monoisotopic (exact) mass is 476 g/mol. The number of carbonyl (C=O) groups is 1. The summed E-state index contributed by atoms with van der Waals surface area (Å²) < 4.78 is 6.18. The molecule has 0 atom stereocenters. The molecule has 0 radical (unpaired) electrons. The van der Waals surface area contributed by atoms with E-state index in [2.05, 4.69) is 9.80 Å². The van der Waals surface area contributed by atoms with Gasteiger partial charge in [0, 0.05) is 37.7 Å². The second kappa shape index (κ2) is 10.3. The third-order valence-electron chi connectivity index (χ3n) is 6.63. The first kappa shape index (κ1) is 23.2. The molecule has 5 nitrogen and oxygen atoms in total. The number of hydrogen-bond donors (Lipinski definition) is 1. The number of rotatable bonds is 6. The van der Waals surface area contributed by atoms with Crippen molar-refractivity contribution in [3.63, 3.8) is 0 Å². The minimum Gasteiger partial charge on any atom is -0.490 e. The molecule has 0 saturated carbocycles. The van der Waals surface area contributed by atoms with Crippen LogP contribution in [0.25, 0.3) is 0 Å². The van der Waals surface area contributed by atoms with Crippen molar-refractivity contribution >= 4 is 34.9 Å². The number of halogens is 2. The summed E-state index contributed by atoms with van der Waals surface area (Å²) in [6, 6.07) is 11.0. The molecular formula is C25H30Cl2N2O3. The number of carboxylic acids is 1. The Labute approximate surface area is 199 Å². The molecule has 7 heteroatoms. The average molecular weight is 477 g/mol. The Morgan fingerprint density at radius 2 is 1.75 bits per heavy atom.